The number of carbonyl (C=O) groups is 1. The van der Waals surface area contributed by atoms with Crippen molar-refractivity contribution in [1.29, 1.82) is 0 Å². The molecule has 4 heteroatoms. The molecule has 0 unspecified atom stereocenters. The second-order valence-corrected chi connectivity index (χ2v) is 5.09. The van der Waals surface area contributed by atoms with E-state index < -0.39 is 0 Å². The van der Waals surface area contributed by atoms with Crippen molar-refractivity contribution in [3.63, 3.8) is 0 Å². The third kappa shape index (κ3) is 3.31. The van der Waals surface area contributed by atoms with E-state index in [1.165, 1.54) is 5.56 Å². The van der Waals surface area contributed by atoms with Gasteiger partial charge in [0.05, 0.1) is 0 Å². The van der Waals surface area contributed by atoms with Crippen LogP contribution in [0.25, 0.3) is 0 Å². The molecule has 0 atom stereocenters. The van der Waals surface area contributed by atoms with Crippen LogP contribution in [0.2, 0.25) is 0 Å². The Kier molecular flexibility index (Phi) is 3.65. The van der Waals surface area contributed by atoms with Crippen LogP contribution in [0.15, 0.2) is 24.3 Å². The highest BCUT2D eigenvalue weighted by Crippen LogP contribution is 2.22. The summed E-state index contributed by atoms with van der Waals surface area (Å²) in [5.74, 6) is -0.270. The number of carbonyl (C=O) groups excluding carboxylic acids is 1. The van der Waals surface area contributed by atoms with Gasteiger partial charge >= 0.3 is 0 Å². The topological polar surface area (TPSA) is 55.1 Å². The Morgan fingerprint density at radius 1 is 1.25 bits per heavy atom. The summed E-state index contributed by atoms with van der Waals surface area (Å²) >= 11 is 4.60. The summed E-state index contributed by atoms with van der Waals surface area (Å²) in [4.78, 5) is 11.5. The van der Waals surface area contributed by atoms with Crippen LogP contribution in [0.3, 0.4) is 0 Å². The molecule has 1 rings (SSSR count). The number of benzene rings is 1. The molecule has 3 N–H and O–H groups in total. The lowest BCUT2D eigenvalue weighted by Crippen LogP contribution is -2.34. The van der Waals surface area contributed by atoms with Gasteiger partial charge in [0.1, 0.15) is 0 Å². The molecule has 1 aromatic carbocycles. The third-order valence-electron chi connectivity index (χ3n) is 2.25. The quantitative estimate of drug-likeness (QED) is 0.733. The Morgan fingerprint density at radius 3 is 2.12 bits per heavy atom. The van der Waals surface area contributed by atoms with Crippen molar-refractivity contribution in [2.24, 2.45) is 5.73 Å². The van der Waals surface area contributed by atoms with Crippen LogP contribution in [-0.2, 0) is 5.41 Å². The number of hydrogen-bond donors (Lipinski definition) is 2. The molecule has 0 aliphatic carbocycles. The van der Waals surface area contributed by atoms with Gasteiger partial charge in [0.15, 0.2) is 5.11 Å². The third-order valence-corrected chi connectivity index (χ3v) is 2.35. The predicted molar refractivity (Wildman–Crippen MR) is 69.4 cm³/mol. The van der Waals surface area contributed by atoms with Crippen molar-refractivity contribution in [2.75, 3.05) is 0 Å². The first-order chi connectivity index (χ1) is 7.30. The lowest BCUT2D eigenvalue weighted by molar-refractivity contribution is 0.0977. The van der Waals surface area contributed by atoms with E-state index in [4.69, 9.17) is 5.73 Å². The van der Waals surface area contributed by atoms with Gasteiger partial charge < -0.3 is 5.73 Å². The molecular formula is C12H16N2OS. The maximum absolute atomic E-state index is 11.5. The van der Waals surface area contributed by atoms with Crippen LogP contribution in [0.1, 0.15) is 36.7 Å². The zero-order chi connectivity index (χ0) is 12.3. The minimum Gasteiger partial charge on any atom is -0.376 e. The average Bonchev–Trinajstić information content (AvgIpc) is 2.15. The van der Waals surface area contributed by atoms with Crippen LogP contribution in [-0.4, -0.2) is 11.0 Å². The SMILES string of the molecule is CC(C)(C)c1ccc(C(=O)NC(N)=S)cc1. The summed E-state index contributed by atoms with van der Waals surface area (Å²) < 4.78 is 0. The highest BCUT2D eigenvalue weighted by Gasteiger charge is 2.14. The fourth-order valence-electron chi connectivity index (χ4n) is 1.31. The molecule has 0 spiro atoms. The highest BCUT2D eigenvalue weighted by atomic mass is 32.1. The fourth-order valence-corrected chi connectivity index (χ4v) is 1.40. The Hall–Kier alpha value is -1.42. The molecule has 3 nitrogen and oxygen atoms in total. The van der Waals surface area contributed by atoms with E-state index in [1.807, 2.05) is 12.1 Å². The highest BCUT2D eigenvalue weighted by molar-refractivity contribution is 7.80. The molecule has 86 valence electrons. The monoisotopic (exact) mass is 236 g/mol. The molecular weight excluding hydrogens is 220 g/mol. The number of rotatable bonds is 1. The lowest BCUT2D eigenvalue weighted by atomic mass is 9.87. The number of nitrogens with one attached hydrogen (secondary N) is 1. The van der Waals surface area contributed by atoms with Gasteiger partial charge in [0.2, 0.25) is 0 Å². The van der Waals surface area contributed by atoms with Crippen molar-refractivity contribution < 1.29 is 4.79 Å². The van der Waals surface area contributed by atoms with Gasteiger partial charge in [0.25, 0.3) is 5.91 Å². The summed E-state index contributed by atoms with van der Waals surface area (Å²) in [6.45, 7) is 6.37. The van der Waals surface area contributed by atoms with Crippen LogP contribution in [0, 0.1) is 0 Å². The smallest absolute Gasteiger partial charge is 0.257 e. The minimum atomic E-state index is -0.270. The first-order valence-electron chi connectivity index (χ1n) is 5.02. The predicted octanol–water partition coefficient (Wildman–Crippen LogP) is 1.96. The van der Waals surface area contributed by atoms with E-state index in [1.54, 1.807) is 12.1 Å². The molecule has 0 saturated carbocycles. The van der Waals surface area contributed by atoms with Gasteiger partial charge in [-0.25, -0.2) is 0 Å². The van der Waals surface area contributed by atoms with Crippen LogP contribution < -0.4 is 11.1 Å². The van der Waals surface area contributed by atoms with E-state index in [2.05, 4.69) is 38.3 Å². The second kappa shape index (κ2) is 4.61. The first-order valence-corrected chi connectivity index (χ1v) is 5.43. The molecule has 0 fully saturated rings. The maximum Gasteiger partial charge on any atom is 0.257 e. The van der Waals surface area contributed by atoms with Crippen LogP contribution >= 0.6 is 12.2 Å². The number of amides is 1. The van der Waals surface area contributed by atoms with E-state index in [0.29, 0.717) is 5.56 Å². The summed E-state index contributed by atoms with van der Waals surface area (Å²) in [6, 6.07) is 7.42. The largest absolute Gasteiger partial charge is 0.376 e. The lowest BCUT2D eigenvalue weighted by Gasteiger charge is -2.18. The molecule has 0 aliphatic heterocycles. The molecule has 0 aromatic heterocycles. The Labute approximate surface area is 101 Å². The van der Waals surface area contributed by atoms with E-state index in [9.17, 15) is 4.79 Å². The zero-order valence-electron chi connectivity index (χ0n) is 9.70. The second-order valence-electron chi connectivity index (χ2n) is 4.65. The van der Waals surface area contributed by atoms with Crippen molar-refractivity contribution in [3.05, 3.63) is 35.4 Å². The fraction of sp³-hybridized carbons (Fsp3) is 0.333. The summed E-state index contributed by atoms with van der Waals surface area (Å²) in [5, 5.41) is 2.38. The van der Waals surface area contributed by atoms with Crippen molar-refractivity contribution in [1.82, 2.24) is 5.32 Å². The normalized spacial score (nSPS) is 10.9. The Bertz CT molecular complexity index is 404. The average molecular weight is 236 g/mol. The Morgan fingerprint density at radius 2 is 1.75 bits per heavy atom. The standard InChI is InChI=1S/C12H16N2OS/c1-12(2,3)9-6-4-8(5-7-9)10(15)14-11(13)16/h4-7H,1-3H3,(H3,13,14,15,16). The molecule has 0 bridgehead atoms. The zero-order valence-corrected chi connectivity index (χ0v) is 10.5. The van der Waals surface area contributed by atoms with E-state index >= 15 is 0 Å². The molecule has 0 heterocycles. The van der Waals surface area contributed by atoms with Crippen molar-refractivity contribution in [3.8, 4) is 0 Å². The Balaban J connectivity index is 2.87. The number of hydrogen-bond acceptors (Lipinski definition) is 2. The van der Waals surface area contributed by atoms with Gasteiger partial charge in [-0.3, -0.25) is 10.1 Å². The van der Waals surface area contributed by atoms with Gasteiger partial charge in [-0.2, -0.15) is 0 Å². The maximum atomic E-state index is 11.5. The van der Waals surface area contributed by atoms with Crippen LogP contribution in [0.4, 0.5) is 0 Å². The number of nitrogens with two attached hydrogens (primary N) is 1. The molecule has 1 aromatic rings. The first kappa shape index (κ1) is 12.6. The minimum absolute atomic E-state index is 0.00935. The van der Waals surface area contributed by atoms with Gasteiger partial charge in [-0.05, 0) is 35.3 Å². The van der Waals surface area contributed by atoms with Gasteiger partial charge in [0, 0.05) is 5.56 Å². The summed E-state index contributed by atoms with van der Waals surface area (Å²) in [6.07, 6.45) is 0. The molecule has 0 aliphatic rings. The summed E-state index contributed by atoms with van der Waals surface area (Å²) in [5.41, 5.74) is 7.05. The summed E-state index contributed by atoms with van der Waals surface area (Å²) in [7, 11) is 0. The van der Waals surface area contributed by atoms with Gasteiger partial charge in [-0.1, -0.05) is 32.9 Å². The van der Waals surface area contributed by atoms with Gasteiger partial charge in [-0.15, -0.1) is 0 Å². The molecule has 0 saturated heterocycles. The van der Waals surface area contributed by atoms with E-state index in [0.717, 1.165) is 0 Å². The van der Waals surface area contributed by atoms with Crippen molar-refractivity contribution in [2.45, 2.75) is 26.2 Å². The van der Waals surface area contributed by atoms with Crippen LogP contribution in [0.5, 0.6) is 0 Å². The molecule has 0 radical (unpaired) electrons. The number of thiocarbonyl (C=S) groups is 1. The van der Waals surface area contributed by atoms with Crippen molar-refractivity contribution >= 4 is 23.2 Å². The molecule has 1 amide bonds. The molecule has 16 heavy (non-hydrogen) atoms. The van der Waals surface area contributed by atoms with E-state index in [-0.39, 0.29) is 16.4 Å².